The van der Waals surface area contributed by atoms with Crippen molar-refractivity contribution in [1.82, 2.24) is 14.2 Å². The molecule has 1 fully saturated rings. The van der Waals surface area contributed by atoms with Gasteiger partial charge in [0.15, 0.2) is 0 Å². The van der Waals surface area contributed by atoms with Gasteiger partial charge in [-0.15, -0.1) is 0 Å². The summed E-state index contributed by atoms with van der Waals surface area (Å²) in [5, 5.41) is 0. The fourth-order valence-electron chi connectivity index (χ4n) is 2.54. The first-order valence-electron chi connectivity index (χ1n) is 6.58. The van der Waals surface area contributed by atoms with Gasteiger partial charge in [0.25, 0.3) is 0 Å². The van der Waals surface area contributed by atoms with Crippen LogP contribution in [0.1, 0.15) is 13.3 Å². The SMILES string of the molecule is CC1CN(C)CCCN1S(=O)(=O)c1cnccc1NN. The predicted octanol–water partition coefficient (Wildman–Crippen LogP) is 0.0819. The zero-order chi connectivity index (χ0) is 14.8. The Hall–Kier alpha value is -1.22. The first-order chi connectivity index (χ1) is 9.46. The summed E-state index contributed by atoms with van der Waals surface area (Å²) < 4.78 is 27.2. The van der Waals surface area contributed by atoms with Crippen LogP contribution >= 0.6 is 0 Å². The van der Waals surface area contributed by atoms with Crippen molar-refractivity contribution in [2.75, 3.05) is 32.1 Å². The number of nitrogens with one attached hydrogen (secondary N) is 1. The lowest BCUT2D eigenvalue weighted by atomic mass is 10.3. The number of hydrogen-bond donors (Lipinski definition) is 2. The first kappa shape index (κ1) is 15.2. The van der Waals surface area contributed by atoms with Crippen molar-refractivity contribution in [2.24, 2.45) is 5.84 Å². The fourth-order valence-corrected chi connectivity index (χ4v) is 4.30. The molecule has 20 heavy (non-hydrogen) atoms. The van der Waals surface area contributed by atoms with Crippen LogP contribution in [0.2, 0.25) is 0 Å². The van der Waals surface area contributed by atoms with Crippen LogP contribution in [0.5, 0.6) is 0 Å². The van der Waals surface area contributed by atoms with Gasteiger partial charge in [0, 0.05) is 31.5 Å². The minimum absolute atomic E-state index is 0.0849. The largest absolute Gasteiger partial charge is 0.323 e. The molecule has 1 aromatic heterocycles. The molecular weight excluding hydrogens is 278 g/mol. The quantitative estimate of drug-likeness (QED) is 0.607. The monoisotopic (exact) mass is 299 g/mol. The molecule has 2 rings (SSSR count). The Morgan fingerprint density at radius 2 is 2.20 bits per heavy atom. The summed E-state index contributed by atoms with van der Waals surface area (Å²) in [5.74, 6) is 5.40. The molecular formula is C12H21N5O2S. The lowest BCUT2D eigenvalue weighted by Gasteiger charge is -2.27. The number of likely N-dealkylation sites (N-methyl/N-ethyl adjacent to an activating group) is 1. The number of rotatable bonds is 3. The summed E-state index contributed by atoms with van der Waals surface area (Å²) >= 11 is 0. The summed E-state index contributed by atoms with van der Waals surface area (Å²) in [7, 11) is -1.60. The Kier molecular flexibility index (Phi) is 4.59. The van der Waals surface area contributed by atoms with Gasteiger partial charge in [-0.3, -0.25) is 10.8 Å². The average Bonchev–Trinajstić information content (AvgIpc) is 2.59. The molecule has 0 spiro atoms. The molecule has 1 atom stereocenters. The summed E-state index contributed by atoms with van der Waals surface area (Å²) in [6.45, 7) is 4.04. The van der Waals surface area contributed by atoms with Crippen molar-refractivity contribution in [3.63, 3.8) is 0 Å². The molecule has 1 aliphatic rings. The number of anilines is 1. The average molecular weight is 299 g/mol. The van der Waals surface area contributed by atoms with E-state index in [4.69, 9.17) is 5.84 Å². The topological polar surface area (TPSA) is 91.6 Å². The van der Waals surface area contributed by atoms with Crippen LogP contribution in [0.25, 0.3) is 0 Å². The smallest absolute Gasteiger partial charge is 0.247 e. The predicted molar refractivity (Wildman–Crippen MR) is 77.5 cm³/mol. The molecule has 0 aliphatic carbocycles. The molecule has 0 radical (unpaired) electrons. The summed E-state index contributed by atoms with van der Waals surface area (Å²) in [5.41, 5.74) is 2.79. The molecule has 2 heterocycles. The third-order valence-corrected chi connectivity index (χ3v) is 5.55. The van der Waals surface area contributed by atoms with E-state index in [0.717, 1.165) is 13.0 Å². The molecule has 0 aromatic carbocycles. The number of nitrogen functional groups attached to an aromatic ring is 1. The van der Waals surface area contributed by atoms with E-state index < -0.39 is 10.0 Å². The van der Waals surface area contributed by atoms with E-state index in [1.807, 2.05) is 14.0 Å². The maximum Gasteiger partial charge on any atom is 0.247 e. The number of nitrogens with two attached hydrogens (primary N) is 1. The third-order valence-electron chi connectivity index (χ3n) is 3.51. The fraction of sp³-hybridized carbons (Fsp3) is 0.583. The highest BCUT2D eigenvalue weighted by Gasteiger charge is 2.32. The van der Waals surface area contributed by atoms with Gasteiger partial charge in [-0.25, -0.2) is 8.42 Å². The third kappa shape index (κ3) is 2.93. The van der Waals surface area contributed by atoms with Crippen molar-refractivity contribution >= 4 is 15.7 Å². The number of sulfonamides is 1. The Balaban J connectivity index is 2.38. The first-order valence-corrected chi connectivity index (χ1v) is 8.02. The number of nitrogens with zero attached hydrogens (tertiary/aromatic N) is 3. The second-order valence-electron chi connectivity index (χ2n) is 5.10. The number of hydrogen-bond acceptors (Lipinski definition) is 6. The van der Waals surface area contributed by atoms with Crippen molar-refractivity contribution < 1.29 is 8.42 Å². The molecule has 0 saturated carbocycles. The number of aromatic nitrogens is 1. The van der Waals surface area contributed by atoms with Crippen molar-refractivity contribution in [1.29, 1.82) is 0 Å². The van der Waals surface area contributed by atoms with Crippen LogP contribution in [0.4, 0.5) is 5.69 Å². The molecule has 8 heteroatoms. The van der Waals surface area contributed by atoms with Gasteiger partial charge in [0.05, 0.1) is 5.69 Å². The molecule has 3 N–H and O–H groups in total. The Labute approximate surface area is 119 Å². The maximum absolute atomic E-state index is 12.8. The molecule has 112 valence electrons. The molecule has 0 amide bonds. The van der Waals surface area contributed by atoms with E-state index in [9.17, 15) is 8.42 Å². The summed E-state index contributed by atoms with van der Waals surface area (Å²) in [6.07, 6.45) is 3.66. The highest BCUT2D eigenvalue weighted by molar-refractivity contribution is 7.89. The van der Waals surface area contributed by atoms with Gasteiger partial charge in [0.2, 0.25) is 10.0 Å². The van der Waals surface area contributed by atoms with Crippen LogP contribution in [0, 0.1) is 0 Å². The van der Waals surface area contributed by atoms with E-state index in [1.165, 1.54) is 16.7 Å². The minimum Gasteiger partial charge on any atom is -0.323 e. The lowest BCUT2D eigenvalue weighted by Crippen LogP contribution is -2.42. The van der Waals surface area contributed by atoms with Crippen molar-refractivity contribution in [3.05, 3.63) is 18.5 Å². The van der Waals surface area contributed by atoms with Crippen LogP contribution in [-0.4, -0.2) is 55.3 Å². The molecule has 1 aromatic rings. The normalized spacial score (nSPS) is 22.4. The standard InChI is InChI=1S/C12H21N5O2S/c1-10-9-16(2)6-3-7-17(10)20(18,19)12-8-14-5-4-11(12)15-13/h4-5,8,10H,3,6-7,9,13H2,1-2H3,(H,14,15). The second-order valence-corrected chi connectivity index (χ2v) is 6.96. The lowest BCUT2D eigenvalue weighted by molar-refractivity contribution is 0.290. The van der Waals surface area contributed by atoms with E-state index >= 15 is 0 Å². The van der Waals surface area contributed by atoms with E-state index in [2.05, 4.69) is 15.3 Å². The number of pyridine rings is 1. The zero-order valence-electron chi connectivity index (χ0n) is 11.8. The Morgan fingerprint density at radius 3 is 2.90 bits per heavy atom. The zero-order valence-corrected chi connectivity index (χ0v) is 12.6. The van der Waals surface area contributed by atoms with Gasteiger partial charge in [-0.05, 0) is 33.0 Å². The minimum atomic E-state index is -3.60. The van der Waals surface area contributed by atoms with Gasteiger partial charge in [-0.2, -0.15) is 4.31 Å². The van der Waals surface area contributed by atoms with E-state index in [1.54, 1.807) is 6.07 Å². The highest BCUT2D eigenvalue weighted by Crippen LogP contribution is 2.25. The summed E-state index contributed by atoms with van der Waals surface area (Å²) in [4.78, 5) is 6.17. The van der Waals surface area contributed by atoms with Crippen LogP contribution < -0.4 is 11.3 Å². The van der Waals surface area contributed by atoms with Gasteiger partial charge >= 0.3 is 0 Å². The van der Waals surface area contributed by atoms with Crippen molar-refractivity contribution in [3.8, 4) is 0 Å². The molecule has 1 saturated heterocycles. The van der Waals surface area contributed by atoms with Crippen LogP contribution in [0.15, 0.2) is 23.4 Å². The Bertz CT molecular complexity index is 563. The maximum atomic E-state index is 12.8. The molecule has 7 nitrogen and oxygen atoms in total. The van der Waals surface area contributed by atoms with E-state index in [0.29, 0.717) is 18.8 Å². The molecule has 0 bridgehead atoms. The van der Waals surface area contributed by atoms with E-state index in [-0.39, 0.29) is 10.9 Å². The van der Waals surface area contributed by atoms with Gasteiger partial charge < -0.3 is 10.3 Å². The molecule has 1 unspecified atom stereocenters. The van der Waals surface area contributed by atoms with Gasteiger partial charge in [-0.1, -0.05) is 0 Å². The Morgan fingerprint density at radius 1 is 1.45 bits per heavy atom. The van der Waals surface area contributed by atoms with Crippen molar-refractivity contribution in [2.45, 2.75) is 24.3 Å². The van der Waals surface area contributed by atoms with Crippen LogP contribution in [-0.2, 0) is 10.0 Å². The second kappa shape index (κ2) is 6.04. The summed E-state index contributed by atoms with van der Waals surface area (Å²) in [6, 6.07) is 1.47. The van der Waals surface area contributed by atoms with Gasteiger partial charge in [0.1, 0.15) is 4.90 Å². The highest BCUT2D eigenvalue weighted by atomic mass is 32.2. The van der Waals surface area contributed by atoms with Crippen LogP contribution in [0.3, 0.4) is 0 Å². The molecule has 1 aliphatic heterocycles. The number of hydrazine groups is 1.